The van der Waals surface area contributed by atoms with Crippen LogP contribution < -0.4 is 0 Å². The molecule has 1 aromatic heterocycles. The van der Waals surface area contributed by atoms with Crippen molar-refractivity contribution in [1.82, 2.24) is 0 Å². The summed E-state index contributed by atoms with van der Waals surface area (Å²) in [4.78, 5) is 0. The Bertz CT molecular complexity index is 488. The molecule has 0 aliphatic carbocycles. The summed E-state index contributed by atoms with van der Waals surface area (Å²) in [6.45, 7) is 0. The predicted molar refractivity (Wildman–Crippen MR) is 61.9 cm³/mol. The van der Waals surface area contributed by atoms with Gasteiger partial charge in [0, 0.05) is 9.13 Å². The van der Waals surface area contributed by atoms with Gasteiger partial charge >= 0.3 is 6.18 Å². The molecular formula is C11H6F3IO. The van der Waals surface area contributed by atoms with Crippen molar-refractivity contribution < 1.29 is 17.6 Å². The monoisotopic (exact) mass is 338 g/mol. The Hall–Kier alpha value is -0.980. The minimum absolute atomic E-state index is 0.181. The summed E-state index contributed by atoms with van der Waals surface area (Å²) >= 11 is 1.67. The Kier molecular flexibility index (Phi) is 2.96. The van der Waals surface area contributed by atoms with E-state index in [2.05, 4.69) is 0 Å². The molecule has 2 rings (SSSR count). The molecule has 0 fully saturated rings. The van der Waals surface area contributed by atoms with Crippen molar-refractivity contribution in [3.8, 4) is 11.3 Å². The van der Waals surface area contributed by atoms with Crippen LogP contribution in [0.15, 0.2) is 41.0 Å². The summed E-state index contributed by atoms with van der Waals surface area (Å²) in [5.41, 5.74) is -0.209. The maximum atomic E-state index is 12.6. The number of halogens is 4. The second kappa shape index (κ2) is 4.12. The first kappa shape index (κ1) is 11.5. The molecule has 0 saturated heterocycles. The summed E-state index contributed by atoms with van der Waals surface area (Å²) in [5, 5.41) is 0. The zero-order valence-electron chi connectivity index (χ0n) is 7.88. The topological polar surface area (TPSA) is 13.1 Å². The molecule has 0 N–H and O–H groups in total. The first-order valence-corrected chi connectivity index (χ1v) is 5.47. The predicted octanol–water partition coefficient (Wildman–Crippen LogP) is 4.57. The molecule has 1 nitrogen and oxygen atoms in total. The third-order valence-electron chi connectivity index (χ3n) is 2.08. The number of hydrogen-bond acceptors (Lipinski definition) is 1. The fraction of sp³-hybridized carbons (Fsp3) is 0.0909. The van der Waals surface area contributed by atoms with E-state index in [1.807, 2.05) is 0 Å². The lowest BCUT2D eigenvalue weighted by atomic mass is 10.1. The average molecular weight is 338 g/mol. The summed E-state index contributed by atoms with van der Waals surface area (Å²) in [5.74, 6) is 0.432. The Morgan fingerprint density at radius 2 is 1.88 bits per heavy atom. The molecule has 2 aromatic rings. The normalized spacial score (nSPS) is 11.8. The van der Waals surface area contributed by atoms with Gasteiger partial charge in [-0.2, -0.15) is 13.2 Å². The van der Waals surface area contributed by atoms with Gasteiger partial charge in [-0.15, -0.1) is 0 Å². The maximum Gasteiger partial charge on any atom is 0.417 e. The van der Waals surface area contributed by atoms with E-state index >= 15 is 0 Å². The first-order valence-electron chi connectivity index (χ1n) is 4.39. The van der Waals surface area contributed by atoms with E-state index in [1.54, 1.807) is 40.8 Å². The lowest BCUT2D eigenvalue weighted by Crippen LogP contribution is -2.07. The molecule has 16 heavy (non-hydrogen) atoms. The number of benzene rings is 1. The molecule has 1 aromatic carbocycles. The zero-order chi connectivity index (χ0) is 11.8. The van der Waals surface area contributed by atoms with Crippen LogP contribution in [0.1, 0.15) is 5.56 Å². The summed E-state index contributed by atoms with van der Waals surface area (Å²) in [6, 6.07) is 7.40. The van der Waals surface area contributed by atoms with Crippen LogP contribution in [0.3, 0.4) is 0 Å². The molecule has 84 valence electrons. The Balaban J connectivity index is 2.52. The van der Waals surface area contributed by atoms with Crippen LogP contribution in [-0.2, 0) is 6.18 Å². The molecule has 0 aliphatic heterocycles. The summed E-state index contributed by atoms with van der Waals surface area (Å²) < 4.78 is 43.1. The number of hydrogen-bond donors (Lipinski definition) is 0. The van der Waals surface area contributed by atoms with Gasteiger partial charge in [-0.25, -0.2) is 0 Å². The summed E-state index contributed by atoms with van der Waals surface area (Å²) in [6.07, 6.45) is -2.90. The van der Waals surface area contributed by atoms with Gasteiger partial charge in [-0.1, -0.05) is 6.07 Å². The van der Waals surface area contributed by atoms with Crippen molar-refractivity contribution >= 4 is 22.6 Å². The van der Waals surface area contributed by atoms with Gasteiger partial charge < -0.3 is 4.42 Å². The highest BCUT2D eigenvalue weighted by molar-refractivity contribution is 14.1. The third-order valence-corrected chi connectivity index (χ3v) is 3.02. The number of alkyl halides is 3. The van der Waals surface area contributed by atoms with Gasteiger partial charge in [-0.3, -0.25) is 0 Å². The van der Waals surface area contributed by atoms with Gasteiger partial charge in [-0.05, 0) is 46.9 Å². The van der Waals surface area contributed by atoms with Crippen molar-refractivity contribution in [3.63, 3.8) is 0 Å². The molecular weight excluding hydrogens is 332 g/mol. The summed E-state index contributed by atoms with van der Waals surface area (Å²) in [7, 11) is 0. The Labute approximate surface area is 103 Å². The van der Waals surface area contributed by atoms with E-state index < -0.39 is 11.7 Å². The molecule has 0 saturated carbocycles. The SMILES string of the molecule is FC(F)(F)c1cc(-c2ccco2)ccc1I. The fourth-order valence-electron chi connectivity index (χ4n) is 1.34. The van der Waals surface area contributed by atoms with E-state index in [9.17, 15) is 13.2 Å². The second-order valence-corrected chi connectivity index (χ2v) is 4.33. The smallest absolute Gasteiger partial charge is 0.417 e. The quantitative estimate of drug-likeness (QED) is 0.695. The van der Waals surface area contributed by atoms with Crippen LogP contribution in [0.2, 0.25) is 0 Å². The lowest BCUT2D eigenvalue weighted by molar-refractivity contribution is -0.138. The molecule has 0 spiro atoms. The van der Waals surface area contributed by atoms with Crippen molar-refractivity contribution in [2.75, 3.05) is 0 Å². The van der Waals surface area contributed by atoms with Gasteiger partial charge in [0.15, 0.2) is 0 Å². The standard InChI is InChI=1S/C11H6F3IO/c12-11(13,14)8-6-7(3-4-9(8)15)10-2-1-5-16-10/h1-6H. The molecule has 5 heteroatoms. The van der Waals surface area contributed by atoms with Gasteiger partial charge in [0.05, 0.1) is 11.8 Å². The van der Waals surface area contributed by atoms with Gasteiger partial charge in [0.1, 0.15) is 5.76 Å². The Morgan fingerprint density at radius 3 is 2.44 bits per heavy atom. The minimum Gasteiger partial charge on any atom is -0.464 e. The van der Waals surface area contributed by atoms with E-state index in [1.165, 1.54) is 12.3 Å². The maximum absolute atomic E-state index is 12.6. The highest BCUT2D eigenvalue weighted by atomic mass is 127. The van der Waals surface area contributed by atoms with E-state index in [0.29, 0.717) is 11.3 Å². The lowest BCUT2D eigenvalue weighted by Gasteiger charge is -2.10. The highest BCUT2D eigenvalue weighted by Crippen LogP contribution is 2.35. The second-order valence-electron chi connectivity index (χ2n) is 3.17. The zero-order valence-corrected chi connectivity index (χ0v) is 10.0. The van der Waals surface area contributed by atoms with E-state index in [4.69, 9.17) is 4.42 Å². The van der Waals surface area contributed by atoms with Crippen LogP contribution in [-0.4, -0.2) is 0 Å². The molecule has 0 bridgehead atoms. The Morgan fingerprint density at radius 1 is 1.12 bits per heavy atom. The fourth-order valence-corrected chi connectivity index (χ4v) is 1.98. The van der Waals surface area contributed by atoms with E-state index in [0.717, 1.165) is 6.07 Å². The minimum atomic E-state index is -4.33. The van der Waals surface area contributed by atoms with Crippen LogP contribution in [0, 0.1) is 3.57 Å². The van der Waals surface area contributed by atoms with Crippen LogP contribution in [0.4, 0.5) is 13.2 Å². The van der Waals surface area contributed by atoms with Gasteiger partial charge in [0.25, 0.3) is 0 Å². The molecule has 0 aliphatic rings. The van der Waals surface area contributed by atoms with E-state index in [-0.39, 0.29) is 3.57 Å². The van der Waals surface area contributed by atoms with Crippen LogP contribution >= 0.6 is 22.6 Å². The van der Waals surface area contributed by atoms with Crippen LogP contribution in [0.5, 0.6) is 0 Å². The largest absolute Gasteiger partial charge is 0.464 e. The third kappa shape index (κ3) is 2.23. The van der Waals surface area contributed by atoms with Crippen molar-refractivity contribution in [3.05, 3.63) is 45.7 Å². The number of rotatable bonds is 1. The van der Waals surface area contributed by atoms with Crippen molar-refractivity contribution in [2.45, 2.75) is 6.18 Å². The van der Waals surface area contributed by atoms with Crippen LogP contribution in [0.25, 0.3) is 11.3 Å². The van der Waals surface area contributed by atoms with Crippen molar-refractivity contribution in [2.24, 2.45) is 0 Å². The highest BCUT2D eigenvalue weighted by Gasteiger charge is 2.33. The molecule has 0 atom stereocenters. The molecule has 1 heterocycles. The molecule has 0 unspecified atom stereocenters. The van der Waals surface area contributed by atoms with Gasteiger partial charge in [0.2, 0.25) is 0 Å². The average Bonchev–Trinajstić information content (AvgIpc) is 2.69. The molecule has 0 radical (unpaired) electrons. The molecule has 0 amide bonds. The van der Waals surface area contributed by atoms with Crippen molar-refractivity contribution in [1.29, 1.82) is 0 Å². The first-order chi connectivity index (χ1) is 7.48. The number of furan rings is 1.